The maximum Gasteiger partial charge on any atom is 0.261 e. The van der Waals surface area contributed by atoms with E-state index in [2.05, 4.69) is 15.5 Å². The maximum absolute atomic E-state index is 11.4. The minimum Gasteiger partial charge on any atom is -0.486 e. The van der Waals surface area contributed by atoms with Gasteiger partial charge in [-0.25, -0.2) is 0 Å². The lowest BCUT2D eigenvalue weighted by molar-refractivity contribution is 0.100. The van der Waals surface area contributed by atoms with Crippen molar-refractivity contribution < 1.29 is 14.1 Å². The number of ether oxygens (including phenoxy) is 1. The minimum absolute atomic E-state index is 0.0703. The molecule has 0 saturated heterocycles. The Labute approximate surface area is 125 Å². The van der Waals surface area contributed by atoms with E-state index >= 15 is 0 Å². The van der Waals surface area contributed by atoms with Crippen LogP contribution in [0.15, 0.2) is 10.9 Å². The molecule has 0 aliphatic carbocycles. The fourth-order valence-electron chi connectivity index (χ4n) is 1.67. The first-order chi connectivity index (χ1) is 9.99. The predicted octanol–water partition coefficient (Wildman–Crippen LogP) is 1.25. The lowest BCUT2D eigenvalue weighted by atomic mass is 10.3. The summed E-state index contributed by atoms with van der Waals surface area (Å²) in [6.45, 7) is 4.29. The third-order valence-corrected chi connectivity index (χ3v) is 3.67. The van der Waals surface area contributed by atoms with Gasteiger partial charge in [0.15, 0.2) is 12.1 Å². The largest absolute Gasteiger partial charge is 0.486 e. The third-order valence-electron chi connectivity index (χ3n) is 2.51. The molecule has 5 N–H and O–H groups in total. The van der Waals surface area contributed by atoms with Crippen molar-refractivity contribution in [2.75, 3.05) is 17.6 Å². The molecule has 114 valence electrons. The number of nitrogen functional groups attached to an aromatic ring is 1. The summed E-state index contributed by atoms with van der Waals surface area (Å²) < 4.78 is 10.6. The molecule has 0 bridgehead atoms. The van der Waals surface area contributed by atoms with E-state index in [0.29, 0.717) is 29.6 Å². The van der Waals surface area contributed by atoms with Gasteiger partial charge in [0.25, 0.3) is 5.91 Å². The van der Waals surface area contributed by atoms with Crippen LogP contribution in [0, 0.1) is 0 Å². The van der Waals surface area contributed by atoms with Crippen LogP contribution in [0.4, 0.5) is 10.7 Å². The van der Waals surface area contributed by atoms with E-state index in [-0.39, 0.29) is 16.7 Å². The van der Waals surface area contributed by atoms with Gasteiger partial charge in [0.2, 0.25) is 5.89 Å². The number of primary amides is 1. The molecule has 2 rings (SSSR count). The van der Waals surface area contributed by atoms with Crippen LogP contribution in [0.2, 0.25) is 0 Å². The van der Waals surface area contributed by atoms with Crippen molar-refractivity contribution in [2.45, 2.75) is 26.4 Å². The van der Waals surface area contributed by atoms with Gasteiger partial charge in [-0.05, 0) is 13.8 Å². The van der Waals surface area contributed by atoms with E-state index in [9.17, 15) is 4.79 Å². The number of aromatic nitrogens is 2. The second-order valence-electron chi connectivity index (χ2n) is 4.55. The molecule has 8 nitrogen and oxygen atoms in total. The van der Waals surface area contributed by atoms with Gasteiger partial charge in [-0.15, -0.1) is 11.3 Å². The summed E-state index contributed by atoms with van der Waals surface area (Å²) >= 11 is 1.17. The molecule has 0 aliphatic rings. The van der Waals surface area contributed by atoms with Gasteiger partial charge in [-0.2, -0.15) is 4.98 Å². The molecule has 2 aromatic heterocycles. The molecule has 21 heavy (non-hydrogen) atoms. The third kappa shape index (κ3) is 3.63. The molecule has 0 atom stereocenters. The van der Waals surface area contributed by atoms with Crippen molar-refractivity contribution in [2.24, 2.45) is 5.73 Å². The van der Waals surface area contributed by atoms with Crippen LogP contribution in [-0.2, 0) is 6.42 Å². The number of rotatable bonds is 7. The molecule has 0 spiro atoms. The number of thiophene rings is 1. The summed E-state index contributed by atoms with van der Waals surface area (Å²) in [4.78, 5) is 15.6. The molecule has 0 unspecified atom stereocenters. The highest BCUT2D eigenvalue weighted by Gasteiger charge is 2.21. The number of nitrogens with two attached hydrogens (primary N) is 2. The fraction of sp³-hybridized carbons (Fsp3) is 0.417. The van der Waals surface area contributed by atoms with Crippen LogP contribution in [0.5, 0.6) is 5.75 Å². The molecule has 2 heterocycles. The zero-order valence-corrected chi connectivity index (χ0v) is 12.6. The smallest absolute Gasteiger partial charge is 0.261 e. The lowest BCUT2D eigenvalue weighted by Crippen LogP contribution is -2.12. The fourth-order valence-corrected chi connectivity index (χ4v) is 2.60. The van der Waals surface area contributed by atoms with Gasteiger partial charge in [0, 0.05) is 13.0 Å². The molecule has 0 aliphatic heterocycles. The first kappa shape index (κ1) is 15.1. The standard InChI is InChI=1S/C12H17N5O3S/c1-6(2)19-9-8(13)10(11(14)18)21-12(9)15-4-3-7-16-5-17-20-7/h5-6,15H,3-4,13H2,1-2H3,(H2,14,18). The highest BCUT2D eigenvalue weighted by Crippen LogP contribution is 2.42. The van der Waals surface area contributed by atoms with Gasteiger partial charge < -0.3 is 26.0 Å². The van der Waals surface area contributed by atoms with E-state index < -0.39 is 5.91 Å². The van der Waals surface area contributed by atoms with Crippen molar-refractivity contribution in [3.05, 3.63) is 17.1 Å². The van der Waals surface area contributed by atoms with Crippen molar-refractivity contribution >= 4 is 27.9 Å². The Morgan fingerprint density at radius 2 is 2.33 bits per heavy atom. The molecule has 0 radical (unpaired) electrons. The van der Waals surface area contributed by atoms with Crippen LogP contribution >= 0.6 is 11.3 Å². The van der Waals surface area contributed by atoms with Crippen LogP contribution in [0.25, 0.3) is 0 Å². The van der Waals surface area contributed by atoms with Crippen molar-refractivity contribution in [3.63, 3.8) is 0 Å². The summed E-state index contributed by atoms with van der Waals surface area (Å²) in [6.07, 6.45) is 1.82. The zero-order valence-electron chi connectivity index (χ0n) is 11.8. The summed E-state index contributed by atoms with van der Waals surface area (Å²) in [5.41, 5.74) is 11.5. The minimum atomic E-state index is -0.573. The highest BCUT2D eigenvalue weighted by molar-refractivity contribution is 7.19. The Hall–Kier alpha value is -2.29. The number of nitrogens with zero attached hydrogens (tertiary/aromatic N) is 2. The molecular formula is C12H17N5O3S. The van der Waals surface area contributed by atoms with Crippen LogP contribution in [0.1, 0.15) is 29.4 Å². The Kier molecular flexibility index (Phi) is 4.63. The number of amides is 1. The number of nitrogens with one attached hydrogen (secondary N) is 1. The monoisotopic (exact) mass is 311 g/mol. The quantitative estimate of drug-likeness (QED) is 0.701. The van der Waals surface area contributed by atoms with Gasteiger partial charge in [0.05, 0.1) is 6.10 Å². The number of carbonyl (C=O) groups is 1. The highest BCUT2D eigenvalue weighted by atomic mass is 32.1. The molecule has 1 amide bonds. The summed E-state index contributed by atoms with van der Waals surface area (Å²) in [6, 6.07) is 0. The van der Waals surface area contributed by atoms with Gasteiger partial charge in [-0.1, -0.05) is 5.16 Å². The predicted molar refractivity (Wildman–Crippen MR) is 79.5 cm³/mol. The van der Waals surface area contributed by atoms with Crippen LogP contribution in [-0.4, -0.2) is 28.7 Å². The molecule has 0 aromatic carbocycles. The number of hydrogen-bond acceptors (Lipinski definition) is 8. The van der Waals surface area contributed by atoms with Crippen molar-refractivity contribution in [1.29, 1.82) is 0 Å². The second-order valence-corrected chi connectivity index (χ2v) is 5.57. The Morgan fingerprint density at radius 3 is 2.90 bits per heavy atom. The van der Waals surface area contributed by atoms with Crippen LogP contribution in [0.3, 0.4) is 0 Å². The molecule has 0 fully saturated rings. The van der Waals surface area contributed by atoms with Gasteiger partial charge in [0.1, 0.15) is 15.6 Å². The SMILES string of the molecule is CC(C)Oc1c(NCCc2ncno2)sc(C(N)=O)c1N. The van der Waals surface area contributed by atoms with E-state index in [4.69, 9.17) is 20.7 Å². The van der Waals surface area contributed by atoms with Crippen LogP contribution < -0.4 is 21.5 Å². The molecule has 0 saturated carbocycles. The van der Waals surface area contributed by atoms with Crippen molar-refractivity contribution in [1.82, 2.24) is 10.1 Å². The summed E-state index contributed by atoms with van der Waals surface area (Å²) in [7, 11) is 0. The number of carbonyl (C=O) groups excluding carboxylic acids is 1. The topological polar surface area (TPSA) is 129 Å². The Morgan fingerprint density at radius 1 is 1.57 bits per heavy atom. The van der Waals surface area contributed by atoms with E-state index in [0.717, 1.165) is 0 Å². The lowest BCUT2D eigenvalue weighted by Gasteiger charge is -2.12. The normalized spacial score (nSPS) is 10.8. The average Bonchev–Trinajstić information content (AvgIpc) is 3.01. The number of anilines is 2. The van der Waals surface area contributed by atoms with E-state index in [1.54, 1.807) is 0 Å². The first-order valence-electron chi connectivity index (χ1n) is 6.37. The second kappa shape index (κ2) is 6.44. The zero-order chi connectivity index (χ0) is 15.4. The van der Waals surface area contributed by atoms with E-state index in [1.165, 1.54) is 17.7 Å². The Bertz CT molecular complexity index is 609. The summed E-state index contributed by atoms with van der Waals surface area (Å²) in [5.74, 6) is 0.402. The molecular weight excluding hydrogens is 294 g/mol. The van der Waals surface area contributed by atoms with Gasteiger partial charge >= 0.3 is 0 Å². The molecule has 9 heteroatoms. The average molecular weight is 311 g/mol. The Balaban J connectivity index is 2.12. The maximum atomic E-state index is 11.4. The van der Waals surface area contributed by atoms with Crippen molar-refractivity contribution in [3.8, 4) is 5.75 Å². The van der Waals surface area contributed by atoms with Gasteiger partial charge in [-0.3, -0.25) is 4.79 Å². The first-order valence-corrected chi connectivity index (χ1v) is 7.18. The number of hydrogen-bond donors (Lipinski definition) is 3. The van der Waals surface area contributed by atoms with E-state index in [1.807, 2.05) is 13.8 Å². The summed E-state index contributed by atoms with van der Waals surface area (Å²) in [5, 5.41) is 7.34. The molecule has 2 aromatic rings.